The second-order valence-corrected chi connectivity index (χ2v) is 5.15. The molecule has 2 heterocycles. The summed E-state index contributed by atoms with van der Waals surface area (Å²) in [4.78, 5) is 12.0. The molecule has 0 aliphatic heterocycles. The van der Waals surface area contributed by atoms with Gasteiger partial charge in [0.2, 0.25) is 0 Å². The van der Waals surface area contributed by atoms with Crippen molar-refractivity contribution in [2.24, 2.45) is 0 Å². The van der Waals surface area contributed by atoms with Gasteiger partial charge in [0.15, 0.2) is 11.5 Å². The number of anilines is 1. The molecule has 1 aromatic carbocycles. The van der Waals surface area contributed by atoms with Crippen LogP contribution in [0.2, 0.25) is 0 Å². The van der Waals surface area contributed by atoms with Crippen LogP contribution in [0.15, 0.2) is 42.6 Å². The van der Waals surface area contributed by atoms with Crippen molar-refractivity contribution < 1.29 is 4.79 Å². The summed E-state index contributed by atoms with van der Waals surface area (Å²) in [5.41, 5.74) is 3.86. The number of rotatable bonds is 3. The Labute approximate surface area is 128 Å². The van der Waals surface area contributed by atoms with Crippen LogP contribution in [0.25, 0.3) is 5.65 Å². The molecule has 0 spiro atoms. The minimum absolute atomic E-state index is 0.268. The SMILES string of the molecule is Cc1ccc(NC(=O)NCc2nnc3ccccn23)cc1C. The van der Waals surface area contributed by atoms with E-state index in [0.717, 1.165) is 16.9 Å². The maximum atomic E-state index is 12.0. The number of amides is 2. The van der Waals surface area contributed by atoms with Gasteiger partial charge in [-0.1, -0.05) is 12.1 Å². The van der Waals surface area contributed by atoms with E-state index < -0.39 is 0 Å². The number of aryl methyl sites for hydroxylation is 2. The lowest BCUT2D eigenvalue weighted by Gasteiger charge is -2.08. The lowest BCUT2D eigenvalue weighted by molar-refractivity contribution is 0.251. The lowest BCUT2D eigenvalue weighted by Crippen LogP contribution is -2.29. The normalized spacial score (nSPS) is 10.6. The zero-order valence-corrected chi connectivity index (χ0v) is 12.5. The topological polar surface area (TPSA) is 71.3 Å². The highest BCUT2D eigenvalue weighted by Gasteiger charge is 2.07. The first kappa shape index (κ1) is 14.1. The largest absolute Gasteiger partial charge is 0.331 e. The smallest absolute Gasteiger partial charge is 0.319 e. The van der Waals surface area contributed by atoms with E-state index in [-0.39, 0.29) is 6.03 Å². The molecule has 112 valence electrons. The number of pyridine rings is 1. The summed E-state index contributed by atoms with van der Waals surface area (Å²) in [6.07, 6.45) is 1.87. The summed E-state index contributed by atoms with van der Waals surface area (Å²) in [6.45, 7) is 4.36. The van der Waals surface area contributed by atoms with Crippen LogP contribution in [0.5, 0.6) is 0 Å². The van der Waals surface area contributed by atoms with Crippen LogP contribution in [-0.4, -0.2) is 20.6 Å². The molecular formula is C16H17N5O. The van der Waals surface area contributed by atoms with E-state index in [4.69, 9.17) is 0 Å². The number of hydrogen-bond acceptors (Lipinski definition) is 3. The van der Waals surface area contributed by atoms with E-state index >= 15 is 0 Å². The molecule has 22 heavy (non-hydrogen) atoms. The van der Waals surface area contributed by atoms with Gasteiger partial charge >= 0.3 is 6.03 Å². The maximum Gasteiger partial charge on any atom is 0.319 e. The Kier molecular flexibility index (Phi) is 3.74. The molecule has 0 saturated heterocycles. The molecule has 0 fully saturated rings. The standard InChI is InChI=1S/C16H17N5O/c1-11-6-7-13(9-12(11)2)18-16(22)17-10-15-20-19-14-5-3-4-8-21(14)15/h3-9H,10H2,1-2H3,(H2,17,18,22). The van der Waals surface area contributed by atoms with E-state index in [2.05, 4.69) is 20.8 Å². The van der Waals surface area contributed by atoms with Crippen molar-refractivity contribution in [3.05, 3.63) is 59.5 Å². The van der Waals surface area contributed by atoms with Gasteiger partial charge < -0.3 is 10.6 Å². The number of nitrogens with one attached hydrogen (secondary N) is 2. The average molecular weight is 295 g/mol. The van der Waals surface area contributed by atoms with Crippen LogP contribution in [0.1, 0.15) is 17.0 Å². The zero-order chi connectivity index (χ0) is 15.5. The minimum Gasteiger partial charge on any atom is -0.331 e. The highest BCUT2D eigenvalue weighted by molar-refractivity contribution is 5.89. The van der Waals surface area contributed by atoms with Crippen molar-refractivity contribution in [1.29, 1.82) is 0 Å². The van der Waals surface area contributed by atoms with Gasteiger partial charge in [-0.3, -0.25) is 4.40 Å². The Morgan fingerprint density at radius 3 is 2.82 bits per heavy atom. The van der Waals surface area contributed by atoms with Gasteiger partial charge in [0, 0.05) is 11.9 Å². The summed E-state index contributed by atoms with van der Waals surface area (Å²) in [6, 6.07) is 11.2. The van der Waals surface area contributed by atoms with E-state index in [9.17, 15) is 4.79 Å². The Morgan fingerprint density at radius 1 is 1.14 bits per heavy atom. The van der Waals surface area contributed by atoms with Crippen molar-refractivity contribution in [1.82, 2.24) is 19.9 Å². The Bertz CT molecular complexity index is 824. The first-order valence-electron chi connectivity index (χ1n) is 7.04. The molecule has 0 aliphatic rings. The number of carbonyl (C=O) groups excluding carboxylic acids is 1. The highest BCUT2D eigenvalue weighted by Crippen LogP contribution is 2.13. The number of aromatic nitrogens is 3. The summed E-state index contributed by atoms with van der Waals surface area (Å²) >= 11 is 0. The van der Waals surface area contributed by atoms with Gasteiger partial charge in [0.05, 0.1) is 6.54 Å². The summed E-state index contributed by atoms with van der Waals surface area (Å²) in [5.74, 6) is 0.686. The molecule has 2 N–H and O–H groups in total. The van der Waals surface area contributed by atoms with Gasteiger partial charge in [-0.15, -0.1) is 10.2 Å². The number of carbonyl (C=O) groups is 1. The highest BCUT2D eigenvalue weighted by atomic mass is 16.2. The molecule has 3 rings (SSSR count). The molecule has 0 bridgehead atoms. The molecule has 0 aliphatic carbocycles. The Balaban J connectivity index is 1.63. The fourth-order valence-corrected chi connectivity index (χ4v) is 2.17. The monoisotopic (exact) mass is 295 g/mol. The first-order valence-corrected chi connectivity index (χ1v) is 7.04. The minimum atomic E-state index is -0.268. The molecule has 2 amide bonds. The number of fused-ring (bicyclic) bond motifs is 1. The number of urea groups is 1. The fourth-order valence-electron chi connectivity index (χ4n) is 2.17. The Morgan fingerprint density at radius 2 is 2.00 bits per heavy atom. The van der Waals surface area contributed by atoms with Gasteiger partial charge in [-0.25, -0.2) is 4.79 Å². The zero-order valence-electron chi connectivity index (χ0n) is 12.5. The van der Waals surface area contributed by atoms with Crippen molar-refractivity contribution >= 4 is 17.4 Å². The first-order chi connectivity index (χ1) is 10.6. The molecule has 6 nitrogen and oxygen atoms in total. The van der Waals surface area contributed by atoms with Gasteiger partial charge in [-0.2, -0.15) is 0 Å². The van der Waals surface area contributed by atoms with Crippen LogP contribution in [0.4, 0.5) is 10.5 Å². The van der Waals surface area contributed by atoms with E-state index in [0.29, 0.717) is 12.4 Å². The van der Waals surface area contributed by atoms with Crippen LogP contribution in [0.3, 0.4) is 0 Å². The predicted octanol–water partition coefficient (Wildman–Crippen LogP) is 2.67. The average Bonchev–Trinajstić information content (AvgIpc) is 2.92. The third-order valence-electron chi connectivity index (χ3n) is 3.56. The molecule has 0 unspecified atom stereocenters. The second-order valence-electron chi connectivity index (χ2n) is 5.15. The maximum absolute atomic E-state index is 12.0. The van der Waals surface area contributed by atoms with Gasteiger partial charge in [0.25, 0.3) is 0 Å². The Hall–Kier alpha value is -2.89. The molecule has 0 radical (unpaired) electrons. The molecule has 6 heteroatoms. The van der Waals surface area contributed by atoms with E-state index in [1.165, 1.54) is 5.56 Å². The predicted molar refractivity (Wildman–Crippen MR) is 84.8 cm³/mol. The van der Waals surface area contributed by atoms with Crippen LogP contribution in [0, 0.1) is 13.8 Å². The van der Waals surface area contributed by atoms with Crippen LogP contribution >= 0.6 is 0 Å². The summed E-state index contributed by atoms with van der Waals surface area (Å²) in [7, 11) is 0. The van der Waals surface area contributed by atoms with Crippen LogP contribution in [-0.2, 0) is 6.54 Å². The fraction of sp³-hybridized carbons (Fsp3) is 0.188. The number of nitrogens with zero attached hydrogens (tertiary/aromatic N) is 3. The quantitative estimate of drug-likeness (QED) is 0.780. The number of hydrogen-bond donors (Lipinski definition) is 2. The van der Waals surface area contributed by atoms with Crippen molar-refractivity contribution in [3.8, 4) is 0 Å². The third kappa shape index (κ3) is 2.90. The lowest BCUT2D eigenvalue weighted by atomic mass is 10.1. The molecule has 3 aromatic rings. The van der Waals surface area contributed by atoms with Crippen LogP contribution < -0.4 is 10.6 Å². The van der Waals surface area contributed by atoms with Crippen molar-refractivity contribution in [3.63, 3.8) is 0 Å². The molecule has 2 aromatic heterocycles. The summed E-state index contributed by atoms with van der Waals surface area (Å²) in [5, 5.41) is 13.7. The van der Waals surface area contributed by atoms with Crippen molar-refractivity contribution in [2.45, 2.75) is 20.4 Å². The molecule has 0 atom stereocenters. The second kappa shape index (κ2) is 5.85. The number of benzene rings is 1. The van der Waals surface area contributed by atoms with E-state index in [1.54, 1.807) is 0 Å². The van der Waals surface area contributed by atoms with Gasteiger partial charge in [0.1, 0.15) is 0 Å². The molecule has 0 saturated carbocycles. The third-order valence-corrected chi connectivity index (χ3v) is 3.56. The van der Waals surface area contributed by atoms with E-state index in [1.807, 2.05) is 60.8 Å². The van der Waals surface area contributed by atoms with Crippen molar-refractivity contribution in [2.75, 3.05) is 5.32 Å². The summed E-state index contributed by atoms with van der Waals surface area (Å²) < 4.78 is 1.84. The van der Waals surface area contributed by atoms with Gasteiger partial charge in [-0.05, 0) is 49.2 Å². The molecular weight excluding hydrogens is 278 g/mol.